The molecule has 0 saturated heterocycles. The monoisotopic (exact) mass is 450 g/mol. The average Bonchev–Trinajstić information content (AvgIpc) is 2.69. The van der Waals surface area contributed by atoms with E-state index in [0.29, 0.717) is 11.1 Å². The smallest absolute Gasteiger partial charge is 0.300 e. The molecule has 2 rings (SSSR count). The first-order chi connectivity index (χ1) is 13.9. The molecule has 3 nitrogen and oxygen atoms in total. The third kappa shape index (κ3) is 4.23. The predicted octanol–water partition coefficient (Wildman–Crippen LogP) is 7.19. The molecule has 0 aromatic heterocycles. The van der Waals surface area contributed by atoms with E-state index in [9.17, 15) is 8.78 Å². The zero-order valence-electron chi connectivity index (χ0n) is 18.3. The Labute approximate surface area is 180 Å². The molecule has 1 aliphatic rings. The van der Waals surface area contributed by atoms with Crippen LogP contribution in [0.15, 0.2) is 23.8 Å². The Morgan fingerprint density at radius 3 is 1.83 bits per heavy atom. The van der Waals surface area contributed by atoms with Crippen molar-refractivity contribution < 1.29 is 31.6 Å². The second-order valence-corrected chi connectivity index (χ2v) is 9.22. The fourth-order valence-electron chi connectivity index (χ4n) is 3.52. The van der Waals surface area contributed by atoms with Gasteiger partial charge in [-0.05, 0) is 34.4 Å². The minimum Gasteiger partial charge on any atom is -0.452 e. The maximum atomic E-state index is 15.1. The Kier molecular flexibility index (Phi) is 7.91. The van der Waals surface area contributed by atoms with E-state index in [1.165, 1.54) is 0 Å². The Morgan fingerprint density at radius 2 is 1.47 bits per heavy atom. The number of hydrogen-bond donors (Lipinski definition) is 1. The van der Waals surface area contributed by atoms with E-state index >= 15 is 8.78 Å². The summed E-state index contributed by atoms with van der Waals surface area (Å²) in [5.74, 6) is -6.12. The highest BCUT2D eigenvalue weighted by Crippen LogP contribution is 2.48. The zero-order valence-corrected chi connectivity index (χ0v) is 19.1. The molecule has 1 N–H and O–H groups in total. The lowest BCUT2D eigenvalue weighted by Crippen LogP contribution is -2.58. The Bertz CT molecular complexity index is 768. The van der Waals surface area contributed by atoms with Gasteiger partial charge in [0.25, 0.3) is 0 Å². The molecule has 30 heavy (non-hydrogen) atoms. The first kappa shape index (κ1) is 25.0. The second kappa shape index (κ2) is 9.49. The van der Waals surface area contributed by atoms with Gasteiger partial charge < -0.3 is 14.0 Å². The topological polar surface area (TPSA) is 38.7 Å². The number of benzene rings is 1. The van der Waals surface area contributed by atoms with Crippen LogP contribution in [-0.2, 0) is 4.74 Å². The normalized spacial score (nSPS) is 27.5. The second-order valence-electron chi connectivity index (χ2n) is 8.50. The zero-order chi connectivity index (χ0) is 23.0. The van der Waals surface area contributed by atoms with Crippen molar-refractivity contribution in [2.75, 3.05) is 7.11 Å². The van der Waals surface area contributed by atoms with Crippen LogP contribution in [0.25, 0.3) is 0 Å². The van der Waals surface area contributed by atoms with Gasteiger partial charge in [-0.2, -0.15) is 0 Å². The fraction of sp³-hybridized carbons (Fsp3) is 0.636. The van der Waals surface area contributed by atoms with E-state index in [2.05, 4.69) is 0 Å². The SMILES string of the molecule is CO[C@]1(Oc2c(C(C)C)cc(C(C)C)cc2C(C)C)C(F)=C(F)C(SO)C(F)C1F. The van der Waals surface area contributed by atoms with Crippen molar-refractivity contribution in [3.63, 3.8) is 0 Å². The molecule has 0 heterocycles. The largest absolute Gasteiger partial charge is 0.452 e. The number of alkyl halides is 2. The van der Waals surface area contributed by atoms with Gasteiger partial charge in [-0.25, -0.2) is 17.6 Å². The highest BCUT2D eigenvalue weighted by molar-refractivity contribution is 7.94. The van der Waals surface area contributed by atoms with Crippen molar-refractivity contribution in [1.29, 1.82) is 0 Å². The number of rotatable bonds is 7. The van der Waals surface area contributed by atoms with E-state index in [1.54, 1.807) is 0 Å². The predicted molar refractivity (Wildman–Crippen MR) is 112 cm³/mol. The van der Waals surface area contributed by atoms with Gasteiger partial charge in [-0.1, -0.05) is 53.7 Å². The van der Waals surface area contributed by atoms with Crippen LogP contribution in [0.4, 0.5) is 17.6 Å². The molecule has 0 aliphatic heterocycles. The van der Waals surface area contributed by atoms with Crippen molar-refractivity contribution in [1.82, 2.24) is 0 Å². The van der Waals surface area contributed by atoms with Crippen molar-refractivity contribution in [2.45, 2.75) is 82.7 Å². The van der Waals surface area contributed by atoms with E-state index in [-0.39, 0.29) is 35.5 Å². The third-order valence-corrected chi connectivity index (χ3v) is 6.14. The first-order valence-corrected chi connectivity index (χ1v) is 10.8. The minimum atomic E-state index is -2.93. The van der Waals surface area contributed by atoms with Crippen molar-refractivity contribution in [2.24, 2.45) is 0 Å². The van der Waals surface area contributed by atoms with E-state index in [1.807, 2.05) is 53.7 Å². The van der Waals surface area contributed by atoms with Crippen LogP contribution in [0.5, 0.6) is 5.75 Å². The van der Waals surface area contributed by atoms with Crippen molar-refractivity contribution in [3.05, 3.63) is 40.5 Å². The molecule has 1 aromatic carbocycles. The maximum absolute atomic E-state index is 15.1. The van der Waals surface area contributed by atoms with Crippen molar-refractivity contribution >= 4 is 12.0 Å². The molecule has 0 radical (unpaired) electrons. The molecule has 4 atom stereocenters. The summed E-state index contributed by atoms with van der Waals surface area (Å²) in [6.07, 6.45) is -5.27. The summed E-state index contributed by atoms with van der Waals surface area (Å²) in [7, 11) is 0.936. The standard InChI is InChI=1S/C22H30F4O3S/c1-10(2)13-8-14(11(3)4)18(15(9-13)12(5)6)29-22(28-7)20(25)16(23)19(30-27)17(24)21(22)26/h8-12,16,19-20,27H,1-7H3/t16?,19?,20?,22-/m1/s1. The van der Waals surface area contributed by atoms with Crippen LogP contribution >= 0.6 is 12.0 Å². The summed E-state index contributed by atoms with van der Waals surface area (Å²) < 4.78 is 79.1. The van der Waals surface area contributed by atoms with Crippen LogP contribution in [0, 0.1) is 0 Å². The van der Waals surface area contributed by atoms with Gasteiger partial charge in [0.05, 0.1) is 0 Å². The van der Waals surface area contributed by atoms with Crippen molar-refractivity contribution in [3.8, 4) is 5.75 Å². The summed E-state index contributed by atoms with van der Waals surface area (Å²) in [6, 6.07) is 3.76. The molecule has 0 saturated carbocycles. The fourth-order valence-corrected chi connectivity index (χ4v) is 3.97. The Balaban J connectivity index is 2.76. The average molecular weight is 451 g/mol. The van der Waals surface area contributed by atoms with Crippen LogP contribution in [0.1, 0.15) is 76.0 Å². The highest BCUT2D eigenvalue weighted by Gasteiger charge is 2.60. The molecule has 0 amide bonds. The van der Waals surface area contributed by atoms with Crippen LogP contribution < -0.4 is 4.74 Å². The number of methoxy groups -OCH3 is 1. The van der Waals surface area contributed by atoms with E-state index in [4.69, 9.17) is 14.0 Å². The summed E-state index contributed by atoms with van der Waals surface area (Å²) in [4.78, 5) is 0. The molecule has 1 aromatic rings. The molecular formula is C22H30F4O3S. The Hall–Kier alpha value is -1.25. The van der Waals surface area contributed by atoms with E-state index in [0.717, 1.165) is 12.7 Å². The van der Waals surface area contributed by atoms with E-state index < -0.39 is 35.0 Å². The molecule has 3 unspecified atom stereocenters. The molecule has 0 spiro atoms. The summed E-state index contributed by atoms with van der Waals surface area (Å²) in [5, 5.41) is -2.02. The van der Waals surface area contributed by atoms with Gasteiger partial charge in [0.2, 0.25) is 12.0 Å². The molecular weight excluding hydrogens is 420 g/mol. The lowest BCUT2D eigenvalue weighted by Gasteiger charge is -2.41. The quantitative estimate of drug-likeness (QED) is 0.271. The molecule has 8 heteroatoms. The van der Waals surface area contributed by atoms with Gasteiger partial charge in [0.1, 0.15) is 11.0 Å². The first-order valence-electron chi connectivity index (χ1n) is 9.98. The minimum absolute atomic E-state index is 0.0921. The highest BCUT2D eigenvalue weighted by atomic mass is 32.2. The summed E-state index contributed by atoms with van der Waals surface area (Å²) in [6.45, 7) is 11.6. The lowest BCUT2D eigenvalue weighted by atomic mass is 9.87. The number of halogens is 4. The van der Waals surface area contributed by atoms with Gasteiger partial charge in [0, 0.05) is 19.2 Å². The van der Waals surface area contributed by atoms with Crippen LogP contribution in [-0.4, -0.2) is 35.0 Å². The van der Waals surface area contributed by atoms with Gasteiger partial charge in [0.15, 0.2) is 12.0 Å². The molecule has 170 valence electrons. The number of hydrogen-bond acceptors (Lipinski definition) is 4. The number of ether oxygens (including phenoxy) is 2. The molecule has 0 bridgehead atoms. The van der Waals surface area contributed by atoms with Gasteiger partial charge in [-0.3, -0.25) is 0 Å². The molecule has 1 aliphatic carbocycles. The lowest BCUT2D eigenvalue weighted by molar-refractivity contribution is -0.210. The maximum Gasteiger partial charge on any atom is 0.300 e. The van der Waals surface area contributed by atoms with Crippen LogP contribution in [0.3, 0.4) is 0 Å². The third-order valence-electron chi connectivity index (χ3n) is 5.45. The Morgan fingerprint density at radius 1 is 0.967 bits per heavy atom. The van der Waals surface area contributed by atoms with Crippen LogP contribution in [0.2, 0.25) is 0 Å². The molecule has 0 fully saturated rings. The summed E-state index contributed by atoms with van der Waals surface area (Å²) in [5.41, 5.74) is 2.34. The summed E-state index contributed by atoms with van der Waals surface area (Å²) >= 11 is -0.291. The van der Waals surface area contributed by atoms with Gasteiger partial charge in [-0.15, -0.1) is 0 Å². The van der Waals surface area contributed by atoms with Gasteiger partial charge >= 0.3 is 5.79 Å².